The van der Waals surface area contributed by atoms with Crippen LogP contribution in [-0.4, -0.2) is 6.72 Å². The van der Waals surface area contributed by atoms with E-state index in [9.17, 15) is 0 Å². The Labute approximate surface area is 63.3 Å². The zero-order chi connectivity index (χ0) is 7.70. The normalized spacial score (nSPS) is 9.56. The summed E-state index contributed by atoms with van der Waals surface area (Å²) in [6, 6.07) is 0. The average Bonchev–Trinajstić information content (AvgIpc) is 1.96. The van der Waals surface area contributed by atoms with Crippen molar-refractivity contribution < 1.29 is 0 Å². The largest absolute Gasteiger partial charge is 0.269 e. The van der Waals surface area contributed by atoms with Gasteiger partial charge in [0.05, 0.1) is 0 Å². The highest BCUT2D eigenvalue weighted by molar-refractivity contribution is 7.83. The van der Waals surface area contributed by atoms with E-state index in [1.165, 1.54) is 0 Å². The number of hydrogen-bond donors (Lipinski definition) is 1. The maximum atomic E-state index is 3.88. The second-order valence-corrected chi connectivity index (χ2v) is 1.39. The Hall–Kier alpha value is -0.240. The smallest absolute Gasteiger partial charge is 0.0453 e. The first-order valence-corrected chi connectivity index (χ1v) is 3.66. The van der Waals surface area contributed by atoms with E-state index in [0.29, 0.717) is 0 Å². The fourth-order valence-corrected chi connectivity index (χ4v) is 0.508. The van der Waals surface area contributed by atoms with Crippen LogP contribution >= 0.6 is 12.6 Å². The van der Waals surface area contributed by atoms with Crippen molar-refractivity contribution >= 4 is 19.3 Å². The van der Waals surface area contributed by atoms with Crippen LogP contribution in [-0.2, 0) is 0 Å². The van der Waals surface area contributed by atoms with E-state index in [1.54, 1.807) is 5.41 Å². The van der Waals surface area contributed by atoms with Crippen LogP contribution in [0.4, 0.5) is 0 Å². The van der Waals surface area contributed by atoms with Crippen molar-refractivity contribution in [3.63, 3.8) is 0 Å². The summed E-state index contributed by atoms with van der Waals surface area (Å²) in [6.45, 7) is 9.35. The summed E-state index contributed by atoms with van der Waals surface area (Å²) in [5, 5.41) is 1.66. The van der Waals surface area contributed by atoms with Crippen molar-refractivity contribution in [3.8, 4) is 0 Å². The molecule has 0 spiro atoms. The molecule has 0 aromatic rings. The Morgan fingerprint density at radius 1 is 1.67 bits per heavy atom. The molecule has 0 rings (SSSR count). The highest BCUT2D eigenvalue weighted by Gasteiger charge is 1.79. The van der Waals surface area contributed by atoms with Gasteiger partial charge in [-0.3, -0.25) is 4.99 Å². The van der Waals surface area contributed by atoms with E-state index in [-0.39, 0.29) is 0 Å². The Morgan fingerprint density at radius 2 is 2.11 bits per heavy atom. The lowest BCUT2D eigenvalue weighted by atomic mass is 10.4. The van der Waals surface area contributed by atoms with Crippen molar-refractivity contribution in [1.82, 2.24) is 0 Å². The molecule has 0 amide bonds. The first kappa shape index (κ1) is 11.5. The van der Waals surface area contributed by atoms with Gasteiger partial charge >= 0.3 is 0 Å². The summed E-state index contributed by atoms with van der Waals surface area (Å²) >= 11 is 3.88. The number of thiol groups is 1. The predicted molar refractivity (Wildman–Crippen MR) is 48.3 cm³/mol. The highest BCUT2D eigenvalue weighted by atomic mass is 32.1. The second kappa shape index (κ2) is 10.7. The van der Waals surface area contributed by atoms with E-state index in [1.807, 2.05) is 20.8 Å². The lowest BCUT2D eigenvalue weighted by molar-refractivity contribution is 1.08. The second-order valence-electron chi connectivity index (χ2n) is 1.13. The van der Waals surface area contributed by atoms with Gasteiger partial charge in [-0.25, -0.2) is 0 Å². The molecule has 0 radical (unpaired) electrons. The van der Waals surface area contributed by atoms with E-state index >= 15 is 0 Å². The van der Waals surface area contributed by atoms with Gasteiger partial charge in [0.1, 0.15) is 0 Å². The lowest BCUT2D eigenvalue weighted by Gasteiger charge is -1.87. The highest BCUT2D eigenvalue weighted by Crippen LogP contribution is 2.00. The van der Waals surface area contributed by atoms with Crippen LogP contribution in [0.5, 0.6) is 0 Å². The molecule has 0 saturated carbocycles. The third-order valence-corrected chi connectivity index (χ3v) is 1.01. The summed E-state index contributed by atoms with van der Waals surface area (Å²) in [5.74, 6) is 0. The first-order valence-electron chi connectivity index (χ1n) is 3.15. The minimum absolute atomic E-state index is 0.910. The zero-order valence-corrected chi connectivity index (χ0v) is 7.28. The van der Waals surface area contributed by atoms with Crippen LogP contribution in [0, 0.1) is 0 Å². The van der Waals surface area contributed by atoms with E-state index in [0.717, 1.165) is 12.1 Å². The van der Waals surface area contributed by atoms with E-state index in [2.05, 4.69) is 24.3 Å². The molecular formula is C7H15NS. The fraction of sp³-hybridized carbons (Fsp3) is 0.571. The molecule has 2 heteroatoms. The molecule has 0 heterocycles. The van der Waals surface area contributed by atoms with Crippen molar-refractivity contribution in [2.75, 3.05) is 0 Å². The predicted octanol–water partition coefficient (Wildman–Crippen LogP) is 2.89. The lowest BCUT2D eigenvalue weighted by Crippen LogP contribution is -1.67. The first-order chi connectivity index (χ1) is 4.35. The van der Waals surface area contributed by atoms with E-state index < -0.39 is 0 Å². The topological polar surface area (TPSA) is 12.4 Å². The van der Waals surface area contributed by atoms with Crippen LogP contribution in [0.3, 0.4) is 0 Å². The Balaban J connectivity index is 0. The van der Waals surface area contributed by atoms with Crippen molar-refractivity contribution in [2.24, 2.45) is 4.99 Å². The molecule has 0 aliphatic heterocycles. The number of nitrogens with zero attached hydrogens (tertiary/aromatic N) is 1. The molecule has 0 bridgehead atoms. The monoisotopic (exact) mass is 145 g/mol. The summed E-state index contributed by atoms with van der Waals surface area (Å²) in [5.41, 5.74) is 0.934. The van der Waals surface area contributed by atoms with Gasteiger partial charge in [0.15, 0.2) is 0 Å². The van der Waals surface area contributed by atoms with Crippen LogP contribution in [0.2, 0.25) is 0 Å². The molecule has 0 N–H and O–H groups in total. The van der Waals surface area contributed by atoms with Gasteiger partial charge in [-0.1, -0.05) is 20.8 Å². The number of hydrogen-bond acceptors (Lipinski definition) is 2. The SMILES string of the molecule is C=N/C(=C\S)CC.CC. The van der Waals surface area contributed by atoms with Crippen LogP contribution in [0.15, 0.2) is 16.1 Å². The van der Waals surface area contributed by atoms with Gasteiger partial charge in [-0.2, -0.15) is 0 Å². The standard InChI is InChI=1S/C5H9NS.C2H6/c1-3-5(4-7)6-2;1-2/h4,7H,2-3H2,1H3;1-2H3/b5-4-;. The average molecular weight is 145 g/mol. The Morgan fingerprint density at radius 3 is 2.11 bits per heavy atom. The van der Waals surface area contributed by atoms with Gasteiger partial charge < -0.3 is 0 Å². The minimum atomic E-state index is 0.910. The Bertz CT molecular complexity index is 86.9. The molecule has 0 unspecified atom stereocenters. The van der Waals surface area contributed by atoms with Gasteiger partial charge in [0.2, 0.25) is 0 Å². The van der Waals surface area contributed by atoms with Gasteiger partial charge in [-0.15, -0.1) is 12.6 Å². The van der Waals surface area contributed by atoms with Crippen molar-refractivity contribution in [1.29, 1.82) is 0 Å². The molecule has 0 aliphatic rings. The van der Waals surface area contributed by atoms with E-state index in [4.69, 9.17) is 0 Å². The molecule has 9 heavy (non-hydrogen) atoms. The van der Waals surface area contributed by atoms with Crippen molar-refractivity contribution in [3.05, 3.63) is 11.1 Å². The summed E-state index contributed by atoms with van der Waals surface area (Å²) in [7, 11) is 0. The molecule has 0 aliphatic carbocycles. The number of rotatable bonds is 2. The fourth-order valence-electron chi connectivity index (χ4n) is 0.244. The third kappa shape index (κ3) is 7.76. The molecule has 54 valence electrons. The van der Waals surface area contributed by atoms with Crippen molar-refractivity contribution in [2.45, 2.75) is 27.2 Å². The molecule has 0 atom stereocenters. The summed E-state index contributed by atoms with van der Waals surface area (Å²) in [6.07, 6.45) is 0.910. The van der Waals surface area contributed by atoms with Crippen LogP contribution < -0.4 is 0 Å². The van der Waals surface area contributed by atoms with Gasteiger partial charge in [-0.05, 0) is 18.5 Å². The Kier molecular flexibility index (Phi) is 13.7. The summed E-state index contributed by atoms with van der Waals surface area (Å²) < 4.78 is 0. The van der Waals surface area contributed by atoms with Crippen LogP contribution in [0.1, 0.15) is 27.2 Å². The quantitative estimate of drug-likeness (QED) is 0.453. The zero-order valence-electron chi connectivity index (χ0n) is 6.39. The maximum Gasteiger partial charge on any atom is 0.0453 e. The molecule has 0 fully saturated rings. The summed E-state index contributed by atoms with van der Waals surface area (Å²) in [4.78, 5) is 3.66. The number of aliphatic imine (C=N–C) groups is 1. The van der Waals surface area contributed by atoms with Crippen LogP contribution in [0.25, 0.3) is 0 Å². The maximum absolute atomic E-state index is 3.88. The molecule has 0 aromatic carbocycles. The van der Waals surface area contributed by atoms with Gasteiger partial charge in [0.25, 0.3) is 0 Å². The number of allylic oxidation sites excluding steroid dienone is 1. The van der Waals surface area contributed by atoms with Gasteiger partial charge in [0, 0.05) is 5.70 Å². The third-order valence-electron chi connectivity index (χ3n) is 0.714. The molecule has 1 nitrogen and oxygen atoms in total. The molecule has 0 aromatic heterocycles. The molecule has 0 saturated heterocycles. The minimum Gasteiger partial charge on any atom is -0.269 e. The molecular weight excluding hydrogens is 130 g/mol.